The summed E-state index contributed by atoms with van der Waals surface area (Å²) in [6, 6.07) is 5.99. The van der Waals surface area contributed by atoms with Gasteiger partial charge in [-0.1, -0.05) is 6.07 Å². The summed E-state index contributed by atoms with van der Waals surface area (Å²) in [7, 11) is 0. The van der Waals surface area contributed by atoms with Gasteiger partial charge in [0.05, 0.1) is 12.1 Å². The molecular weight excluding hydrogens is 330 g/mol. The number of carbonyl (C=O) groups is 1. The van der Waals surface area contributed by atoms with E-state index >= 15 is 0 Å². The van der Waals surface area contributed by atoms with Crippen molar-refractivity contribution in [1.29, 1.82) is 0 Å². The van der Waals surface area contributed by atoms with Crippen LogP contribution in [0.25, 0.3) is 0 Å². The molecule has 0 aliphatic carbocycles. The molecule has 2 N–H and O–H groups in total. The van der Waals surface area contributed by atoms with Gasteiger partial charge in [-0.15, -0.1) is 0 Å². The van der Waals surface area contributed by atoms with E-state index < -0.39 is 35.7 Å². The molecule has 130 valence electrons. The number of rotatable bonds is 4. The van der Waals surface area contributed by atoms with Crippen molar-refractivity contribution in [2.24, 2.45) is 0 Å². The molecule has 0 bridgehead atoms. The first-order chi connectivity index (χ1) is 11.0. The van der Waals surface area contributed by atoms with E-state index in [1.54, 1.807) is 6.92 Å². The number of benzene rings is 1. The van der Waals surface area contributed by atoms with Crippen LogP contribution in [0.15, 0.2) is 34.7 Å². The Morgan fingerprint density at radius 1 is 1.21 bits per heavy atom. The third kappa shape index (κ3) is 3.59. The molecule has 1 atom stereocenters. The minimum atomic E-state index is -5.15. The van der Waals surface area contributed by atoms with E-state index in [4.69, 9.17) is 4.42 Å². The third-order valence-corrected chi connectivity index (χ3v) is 3.43. The van der Waals surface area contributed by atoms with Crippen molar-refractivity contribution in [3.8, 4) is 0 Å². The lowest BCUT2D eigenvalue weighted by Gasteiger charge is -2.28. The second-order valence-electron chi connectivity index (χ2n) is 5.48. The van der Waals surface area contributed by atoms with Gasteiger partial charge in [0.1, 0.15) is 17.3 Å². The lowest BCUT2D eigenvalue weighted by molar-refractivity contribution is -0.272. The number of furan rings is 1. The molecule has 1 aromatic heterocycles. The molecule has 1 amide bonds. The summed E-state index contributed by atoms with van der Waals surface area (Å²) in [4.78, 5) is 11.9. The molecule has 0 aliphatic heterocycles. The molecule has 1 unspecified atom stereocenters. The number of alkyl halides is 3. The Morgan fingerprint density at radius 2 is 1.88 bits per heavy atom. The van der Waals surface area contributed by atoms with E-state index in [9.17, 15) is 27.5 Å². The smallest absolute Gasteiger partial charge is 0.425 e. The summed E-state index contributed by atoms with van der Waals surface area (Å²) in [6.45, 7) is 3.04. The van der Waals surface area contributed by atoms with Crippen LogP contribution in [0.2, 0.25) is 0 Å². The normalized spacial score (nSPS) is 14.3. The van der Waals surface area contributed by atoms with Gasteiger partial charge < -0.3 is 14.8 Å². The molecule has 0 saturated carbocycles. The van der Waals surface area contributed by atoms with Gasteiger partial charge in [-0.3, -0.25) is 4.79 Å². The highest BCUT2D eigenvalue weighted by Gasteiger charge is 2.58. The van der Waals surface area contributed by atoms with E-state index in [0.29, 0.717) is 5.56 Å². The molecule has 0 saturated heterocycles. The van der Waals surface area contributed by atoms with Crippen molar-refractivity contribution in [3.05, 3.63) is 53.2 Å². The second kappa shape index (κ2) is 6.27. The van der Waals surface area contributed by atoms with Crippen LogP contribution < -0.4 is 5.32 Å². The standard InChI is InChI=1S/C16H15F4NO3/c1-9-3-5-11(17)12(7-9)21-14(22)8-15(23,16(18,19)20)13-6-4-10(2)24-13/h3-7,23H,8H2,1-2H3,(H,21,22). The molecule has 0 aliphatic rings. The topological polar surface area (TPSA) is 62.5 Å². The fraction of sp³-hybridized carbons (Fsp3) is 0.312. The molecule has 0 radical (unpaired) electrons. The quantitative estimate of drug-likeness (QED) is 0.828. The molecule has 0 fully saturated rings. The summed E-state index contributed by atoms with van der Waals surface area (Å²) in [5, 5.41) is 12.1. The van der Waals surface area contributed by atoms with Gasteiger partial charge in [0.2, 0.25) is 11.5 Å². The molecule has 2 rings (SSSR count). The Labute approximate surface area is 135 Å². The van der Waals surface area contributed by atoms with Crippen LogP contribution in [0.1, 0.15) is 23.5 Å². The van der Waals surface area contributed by atoms with Crippen LogP contribution in [0.5, 0.6) is 0 Å². The van der Waals surface area contributed by atoms with Gasteiger partial charge in [-0.2, -0.15) is 13.2 Å². The summed E-state index contributed by atoms with van der Waals surface area (Å²) in [5.41, 5.74) is -3.16. The summed E-state index contributed by atoms with van der Waals surface area (Å²) in [5.74, 6) is -2.64. The highest BCUT2D eigenvalue weighted by Crippen LogP contribution is 2.42. The minimum Gasteiger partial charge on any atom is -0.463 e. The van der Waals surface area contributed by atoms with Crippen LogP contribution in [0.3, 0.4) is 0 Å². The lowest BCUT2D eigenvalue weighted by atomic mass is 9.95. The number of nitrogens with one attached hydrogen (secondary N) is 1. The van der Waals surface area contributed by atoms with Crippen molar-refractivity contribution in [3.63, 3.8) is 0 Å². The first kappa shape index (κ1) is 18.0. The van der Waals surface area contributed by atoms with Crippen molar-refractivity contribution >= 4 is 11.6 Å². The highest BCUT2D eigenvalue weighted by molar-refractivity contribution is 5.91. The largest absolute Gasteiger partial charge is 0.463 e. The van der Waals surface area contributed by atoms with Gasteiger partial charge in [0.25, 0.3) is 0 Å². The third-order valence-electron chi connectivity index (χ3n) is 3.43. The van der Waals surface area contributed by atoms with Crippen LogP contribution in [-0.4, -0.2) is 17.2 Å². The number of hydrogen-bond donors (Lipinski definition) is 2. The summed E-state index contributed by atoms with van der Waals surface area (Å²) in [6.07, 6.45) is -6.52. The zero-order chi connectivity index (χ0) is 18.1. The maximum atomic E-state index is 13.6. The van der Waals surface area contributed by atoms with Gasteiger partial charge >= 0.3 is 6.18 Å². The molecule has 1 aromatic carbocycles. The van der Waals surface area contributed by atoms with Crippen LogP contribution in [-0.2, 0) is 10.4 Å². The number of hydrogen-bond acceptors (Lipinski definition) is 3. The first-order valence-electron chi connectivity index (χ1n) is 6.95. The monoisotopic (exact) mass is 345 g/mol. The van der Waals surface area contributed by atoms with Crippen LogP contribution in [0.4, 0.5) is 23.2 Å². The Balaban J connectivity index is 2.27. The average Bonchev–Trinajstić information content (AvgIpc) is 2.88. The molecular formula is C16H15F4NO3. The SMILES string of the molecule is Cc1ccc(F)c(NC(=O)CC(O)(c2ccc(C)o2)C(F)(F)F)c1. The maximum absolute atomic E-state index is 13.6. The summed E-state index contributed by atoms with van der Waals surface area (Å²) < 4.78 is 58.3. The Morgan fingerprint density at radius 3 is 2.42 bits per heavy atom. The van der Waals surface area contributed by atoms with Crippen LogP contribution in [0, 0.1) is 19.7 Å². The minimum absolute atomic E-state index is 0.151. The molecule has 0 spiro atoms. The average molecular weight is 345 g/mol. The van der Waals surface area contributed by atoms with Gasteiger partial charge in [-0.25, -0.2) is 4.39 Å². The van der Waals surface area contributed by atoms with Crippen molar-refractivity contribution in [2.75, 3.05) is 5.32 Å². The zero-order valence-corrected chi connectivity index (χ0v) is 12.9. The maximum Gasteiger partial charge on any atom is 0.425 e. The van der Waals surface area contributed by atoms with E-state index in [-0.39, 0.29) is 11.4 Å². The molecule has 2 aromatic rings. The van der Waals surface area contributed by atoms with Gasteiger partial charge in [-0.05, 0) is 43.7 Å². The highest BCUT2D eigenvalue weighted by atomic mass is 19.4. The van der Waals surface area contributed by atoms with Crippen molar-refractivity contribution in [1.82, 2.24) is 0 Å². The predicted octanol–water partition coefficient (Wildman–Crippen LogP) is 3.81. The second-order valence-corrected chi connectivity index (χ2v) is 5.48. The lowest BCUT2D eigenvalue weighted by Crippen LogP contribution is -2.44. The molecule has 4 nitrogen and oxygen atoms in total. The van der Waals surface area contributed by atoms with Crippen molar-refractivity contribution < 1.29 is 31.9 Å². The molecule has 8 heteroatoms. The molecule has 24 heavy (non-hydrogen) atoms. The summed E-state index contributed by atoms with van der Waals surface area (Å²) >= 11 is 0. The number of amides is 1. The Kier molecular flexibility index (Phi) is 4.70. The fourth-order valence-electron chi connectivity index (χ4n) is 2.15. The number of aryl methyl sites for hydroxylation is 2. The van der Waals surface area contributed by atoms with Crippen molar-refractivity contribution in [2.45, 2.75) is 32.0 Å². The first-order valence-corrected chi connectivity index (χ1v) is 6.95. The number of carbonyl (C=O) groups excluding carboxylic acids is 1. The Bertz CT molecular complexity index is 754. The number of anilines is 1. The zero-order valence-electron chi connectivity index (χ0n) is 12.9. The number of aliphatic hydroxyl groups is 1. The fourth-order valence-corrected chi connectivity index (χ4v) is 2.15. The van der Waals surface area contributed by atoms with E-state index in [0.717, 1.165) is 12.1 Å². The van der Waals surface area contributed by atoms with Gasteiger partial charge in [0, 0.05) is 0 Å². The predicted molar refractivity (Wildman–Crippen MR) is 77.8 cm³/mol. The van der Waals surface area contributed by atoms with Crippen LogP contribution >= 0.6 is 0 Å². The van der Waals surface area contributed by atoms with Gasteiger partial charge in [0.15, 0.2) is 0 Å². The molecule has 1 heterocycles. The van der Waals surface area contributed by atoms with E-state index in [1.807, 2.05) is 5.32 Å². The Hall–Kier alpha value is -2.35. The van der Waals surface area contributed by atoms with E-state index in [2.05, 4.69) is 0 Å². The number of halogens is 4. The van der Waals surface area contributed by atoms with E-state index in [1.165, 1.54) is 25.1 Å².